The van der Waals surface area contributed by atoms with Crippen molar-refractivity contribution in [3.05, 3.63) is 60.1 Å². The highest BCUT2D eigenvalue weighted by Gasteiger charge is 2.31. The molecule has 0 aliphatic rings. The predicted octanol–water partition coefficient (Wildman–Crippen LogP) is 2.88. The van der Waals surface area contributed by atoms with Crippen molar-refractivity contribution in [1.29, 1.82) is 0 Å². The fourth-order valence-corrected chi connectivity index (χ4v) is 3.53. The molecule has 0 saturated heterocycles. The summed E-state index contributed by atoms with van der Waals surface area (Å²) in [5, 5.41) is 2.60. The van der Waals surface area contributed by atoms with Gasteiger partial charge in [0.1, 0.15) is 5.75 Å². The molecule has 3 rings (SSSR count). The summed E-state index contributed by atoms with van der Waals surface area (Å²) in [7, 11) is 1.54. The van der Waals surface area contributed by atoms with E-state index in [9.17, 15) is 9.59 Å². The van der Waals surface area contributed by atoms with Crippen molar-refractivity contribution >= 4 is 23.2 Å². The molecule has 30 heavy (non-hydrogen) atoms. The highest BCUT2D eigenvalue weighted by molar-refractivity contribution is 6.39. The number of nitrogens with one attached hydrogen (secondary N) is 1. The minimum Gasteiger partial charge on any atom is -0.496 e. The number of amides is 2. The lowest BCUT2D eigenvalue weighted by Gasteiger charge is -2.31. The molecule has 0 aliphatic carbocycles. The van der Waals surface area contributed by atoms with E-state index in [1.54, 1.807) is 18.3 Å². The number of primary amides is 1. The summed E-state index contributed by atoms with van der Waals surface area (Å²) < 4.78 is 11.2. The summed E-state index contributed by atoms with van der Waals surface area (Å²) in [5.41, 5.74) is 14.0. The van der Waals surface area contributed by atoms with E-state index in [4.69, 9.17) is 20.6 Å². The van der Waals surface area contributed by atoms with Crippen molar-refractivity contribution in [2.45, 2.75) is 25.7 Å². The number of benzene rings is 2. The van der Waals surface area contributed by atoms with E-state index in [1.165, 1.54) is 13.5 Å². The molecule has 0 fully saturated rings. The third kappa shape index (κ3) is 4.27. The molecule has 2 aromatic carbocycles. The van der Waals surface area contributed by atoms with Gasteiger partial charge in [-0.25, -0.2) is 4.98 Å². The Morgan fingerprint density at radius 2 is 1.87 bits per heavy atom. The number of nitrogen functional groups attached to an aromatic ring is 1. The van der Waals surface area contributed by atoms with Gasteiger partial charge in [0.15, 0.2) is 12.2 Å². The summed E-state index contributed by atoms with van der Waals surface area (Å²) in [5.74, 6) is -0.955. The predicted molar refractivity (Wildman–Crippen MR) is 114 cm³/mol. The van der Waals surface area contributed by atoms with Gasteiger partial charge < -0.3 is 25.9 Å². The van der Waals surface area contributed by atoms with Crippen molar-refractivity contribution < 1.29 is 18.7 Å². The Morgan fingerprint density at radius 1 is 1.17 bits per heavy atom. The van der Waals surface area contributed by atoms with Gasteiger partial charge in [0, 0.05) is 16.9 Å². The Balaban J connectivity index is 2.16. The molecule has 0 aliphatic heterocycles. The fourth-order valence-electron chi connectivity index (χ4n) is 3.53. The minimum absolute atomic E-state index is 0.430. The van der Waals surface area contributed by atoms with E-state index in [2.05, 4.69) is 10.3 Å². The van der Waals surface area contributed by atoms with Crippen LogP contribution in [0.1, 0.15) is 25.0 Å². The first kappa shape index (κ1) is 20.9. The van der Waals surface area contributed by atoms with Crippen LogP contribution >= 0.6 is 0 Å². The van der Waals surface area contributed by atoms with Gasteiger partial charge in [-0.3, -0.25) is 9.59 Å². The van der Waals surface area contributed by atoms with Gasteiger partial charge in [-0.15, -0.1) is 0 Å². The molecule has 3 aromatic rings. The maximum Gasteiger partial charge on any atom is 0.313 e. The van der Waals surface area contributed by atoms with Gasteiger partial charge in [-0.1, -0.05) is 26.0 Å². The summed E-state index contributed by atoms with van der Waals surface area (Å²) in [6.07, 6.45) is 3.52. The molecule has 0 radical (unpaired) electrons. The number of methoxy groups -OCH3 is 1. The number of hydrogen-bond donors (Lipinski definition) is 3. The molecule has 8 nitrogen and oxygen atoms in total. The topological polar surface area (TPSA) is 133 Å². The van der Waals surface area contributed by atoms with Crippen LogP contribution in [-0.4, -0.2) is 23.9 Å². The first-order chi connectivity index (χ1) is 14.2. The number of carbonyl (C=O) groups excluding carboxylic acids is 2. The summed E-state index contributed by atoms with van der Waals surface area (Å²) >= 11 is 0. The average molecular weight is 408 g/mol. The molecular weight excluding hydrogens is 384 g/mol. The number of nitrogens with two attached hydrogens (primary N) is 2. The number of ether oxygens (including phenoxy) is 1. The van der Waals surface area contributed by atoms with Gasteiger partial charge in [0.2, 0.25) is 0 Å². The van der Waals surface area contributed by atoms with Crippen molar-refractivity contribution in [2.75, 3.05) is 18.2 Å². The van der Waals surface area contributed by atoms with Crippen LogP contribution in [0, 0.1) is 0 Å². The first-order valence-electron chi connectivity index (χ1n) is 9.28. The summed E-state index contributed by atoms with van der Waals surface area (Å²) in [6, 6.07) is 11.0. The SMILES string of the molecule is COc1c(-c2cnco2)ccc(NC(=O)C(N)=O)c1C(C)(C)Cc1ccc(N)cc1. The Kier molecular flexibility index (Phi) is 5.77. The van der Waals surface area contributed by atoms with Gasteiger partial charge in [0.25, 0.3) is 0 Å². The van der Waals surface area contributed by atoms with Crippen LogP contribution < -0.4 is 21.5 Å². The quantitative estimate of drug-likeness (QED) is 0.424. The van der Waals surface area contributed by atoms with Crippen LogP contribution in [0.3, 0.4) is 0 Å². The van der Waals surface area contributed by atoms with Crippen molar-refractivity contribution in [2.24, 2.45) is 5.73 Å². The lowest BCUT2D eigenvalue weighted by Crippen LogP contribution is -2.31. The Morgan fingerprint density at radius 3 is 2.43 bits per heavy atom. The second-order valence-electron chi connectivity index (χ2n) is 7.56. The molecule has 0 bridgehead atoms. The average Bonchev–Trinajstić information content (AvgIpc) is 3.23. The normalized spacial score (nSPS) is 11.2. The van der Waals surface area contributed by atoms with Crippen LogP contribution in [0.15, 0.2) is 53.4 Å². The van der Waals surface area contributed by atoms with E-state index in [-0.39, 0.29) is 0 Å². The van der Waals surface area contributed by atoms with Crippen LogP contribution in [0.5, 0.6) is 5.75 Å². The molecule has 0 unspecified atom stereocenters. The van der Waals surface area contributed by atoms with E-state index in [0.29, 0.717) is 40.4 Å². The lowest BCUT2D eigenvalue weighted by atomic mass is 9.77. The molecule has 5 N–H and O–H groups in total. The second-order valence-corrected chi connectivity index (χ2v) is 7.56. The van der Waals surface area contributed by atoms with Crippen molar-refractivity contribution in [3.63, 3.8) is 0 Å². The number of anilines is 2. The molecule has 0 atom stereocenters. The Hall–Kier alpha value is -3.81. The molecule has 1 heterocycles. The number of carbonyl (C=O) groups is 2. The van der Waals surface area contributed by atoms with Crippen LogP contribution in [0.2, 0.25) is 0 Å². The molecule has 2 amide bonds. The minimum atomic E-state index is -1.07. The molecule has 156 valence electrons. The largest absolute Gasteiger partial charge is 0.496 e. The van der Waals surface area contributed by atoms with E-state index in [0.717, 1.165) is 5.56 Å². The van der Waals surface area contributed by atoms with Gasteiger partial charge in [-0.05, 0) is 41.7 Å². The molecular formula is C22H24N4O4. The van der Waals surface area contributed by atoms with Gasteiger partial charge in [0.05, 0.1) is 18.9 Å². The monoisotopic (exact) mass is 408 g/mol. The van der Waals surface area contributed by atoms with E-state index >= 15 is 0 Å². The maximum atomic E-state index is 12.0. The van der Waals surface area contributed by atoms with Crippen LogP contribution in [-0.2, 0) is 21.4 Å². The smallest absolute Gasteiger partial charge is 0.313 e. The standard InChI is InChI=1S/C22H24N4O4/c1-22(2,10-13-4-6-14(23)7-5-13)18-16(26-21(28)20(24)27)9-8-15(19(18)29-3)17-11-25-12-30-17/h4-9,11-12H,10,23H2,1-3H3,(H2,24,27)(H,26,28). The number of aromatic nitrogens is 1. The molecule has 0 spiro atoms. The zero-order valence-electron chi connectivity index (χ0n) is 17.1. The number of nitrogens with zero attached hydrogens (tertiary/aromatic N) is 1. The maximum absolute atomic E-state index is 12.0. The van der Waals surface area contributed by atoms with Gasteiger partial charge in [-0.2, -0.15) is 0 Å². The second kappa shape index (κ2) is 8.28. The van der Waals surface area contributed by atoms with Crippen LogP contribution in [0.25, 0.3) is 11.3 Å². The molecule has 8 heteroatoms. The molecule has 0 saturated carbocycles. The van der Waals surface area contributed by atoms with Crippen molar-refractivity contribution in [3.8, 4) is 17.1 Å². The lowest BCUT2D eigenvalue weighted by molar-refractivity contribution is -0.134. The van der Waals surface area contributed by atoms with Crippen molar-refractivity contribution in [1.82, 2.24) is 4.98 Å². The van der Waals surface area contributed by atoms with E-state index in [1.807, 2.05) is 38.1 Å². The summed E-state index contributed by atoms with van der Waals surface area (Å²) in [4.78, 5) is 27.3. The Labute approximate surface area is 174 Å². The van der Waals surface area contributed by atoms with Gasteiger partial charge >= 0.3 is 11.8 Å². The number of oxazole rings is 1. The molecule has 1 aromatic heterocycles. The van der Waals surface area contributed by atoms with Crippen LogP contribution in [0.4, 0.5) is 11.4 Å². The van der Waals surface area contributed by atoms with E-state index < -0.39 is 17.2 Å². The third-order valence-electron chi connectivity index (χ3n) is 4.83. The highest BCUT2D eigenvalue weighted by Crippen LogP contribution is 2.45. The number of hydrogen-bond acceptors (Lipinski definition) is 6. The Bertz CT molecular complexity index is 1060. The third-order valence-corrected chi connectivity index (χ3v) is 4.83. The number of rotatable bonds is 6. The first-order valence-corrected chi connectivity index (χ1v) is 9.28. The zero-order valence-corrected chi connectivity index (χ0v) is 17.1. The zero-order chi connectivity index (χ0) is 21.9. The summed E-state index contributed by atoms with van der Waals surface area (Å²) in [6.45, 7) is 4.04. The highest BCUT2D eigenvalue weighted by atomic mass is 16.5. The fraction of sp³-hybridized carbons (Fsp3) is 0.227.